The van der Waals surface area contributed by atoms with Crippen LogP contribution in [-0.4, -0.2) is 35.7 Å². The van der Waals surface area contributed by atoms with Crippen molar-refractivity contribution in [3.05, 3.63) is 35.4 Å². The van der Waals surface area contributed by atoms with E-state index in [0.717, 1.165) is 12.8 Å². The number of benzene rings is 1. The van der Waals surface area contributed by atoms with Crippen LogP contribution in [0, 0.1) is 0 Å². The highest BCUT2D eigenvalue weighted by Crippen LogP contribution is 2.42. The molecule has 1 saturated heterocycles. The molecule has 1 aliphatic carbocycles. The van der Waals surface area contributed by atoms with E-state index in [4.69, 9.17) is 9.84 Å². The Bertz CT molecular complexity index is 640. The number of fused-ring (bicyclic) bond motifs is 1. The van der Waals surface area contributed by atoms with E-state index in [1.165, 1.54) is 11.1 Å². The number of amides is 1. The van der Waals surface area contributed by atoms with Crippen LogP contribution in [0.1, 0.15) is 56.6 Å². The third kappa shape index (κ3) is 3.31. The quantitative estimate of drug-likeness (QED) is 0.889. The molecule has 1 aromatic rings. The topological polar surface area (TPSA) is 75.6 Å². The van der Waals surface area contributed by atoms with Gasteiger partial charge in [0.2, 0.25) is 5.91 Å². The Morgan fingerprint density at radius 2 is 1.92 bits per heavy atom. The second-order valence-corrected chi connectivity index (χ2v) is 7.48. The van der Waals surface area contributed by atoms with Crippen molar-refractivity contribution in [1.82, 2.24) is 5.32 Å². The molecule has 3 atom stereocenters. The maximum atomic E-state index is 12.3. The molecule has 0 spiro atoms. The van der Waals surface area contributed by atoms with E-state index in [1.807, 2.05) is 6.07 Å². The molecule has 0 bridgehead atoms. The average Bonchev–Trinajstić information content (AvgIpc) is 3.04. The van der Waals surface area contributed by atoms with Gasteiger partial charge in [0.25, 0.3) is 0 Å². The van der Waals surface area contributed by atoms with Gasteiger partial charge in [-0.3, -0.25) is 4.79 Å². The number of aliphatic carboxylic acids is 1. The zero-order valence-electron chi connectivity index (χ0n) is 14.2. The van der Waals surface area contributed by atoms with Crippen molar-refractivity contribution < 1.29 is 19.4 Å². The molecule has 1 aliphatic heterocycles. The fourth-order valence-corrected chi connectivity index (χ4v) is 3.86. The second-order valence-electron chi connectivity index (χ2n) is 7.48. The van der Waals surface area contributed by atoms with Crippen molar-refractivity contribution in [2.75, 3.05) is 6.54 Å². The van der Waals surface area contributed by atoms with Gasteiger partial charge in [-0.25, -0.2) is 4.79 Å². The normalized spacial score (nSPS) is 28.2. The fraction of sp³-hybridized carbons (Fsp3) is 0.579. The molecule has 3 rings (SSSR count). The summed E-state index contributed by atoms with van der Waals surface area (Å²) in [5.74, 6) is -0.885. The Hall–Kier alpha value is -1.88. The number of ether oxygens (including phenoxy) is 1. The summed E-state index contributed by atoms with van der Waals surface area (Å²) in [7, 11) is 0. The first-order chi connectivity index (χ1) is 11.4. The van der Waals surface area contributed by atoms with E-state index in [-0.39, 0.29) is 11.3 Å². The summed E-state index contributed by atoms with van der Waals surface area (Å²) >= 11 is 0. The predicted molar refractivity (Wildman–Crippen MR) is 90.0 cm³/mol. The van der Waals surface area contributed by atoms with Crippen LogP contribution in [0.3, 0.4) is 0 Å². The van der Waals surface area contributed by atoms with E-state index < -0.39 is 18.2 Å². The van der Waals surface area contributed by atoms with E-state index in [1.54, 1.807) is 0 Å². The fourth-order valence-electron chi connectivity index (χ4n) is 3.86. The highest BCUT2D eigenvalue weighted by molar-refractivity contribution is 5.82. The largest absolute Gasteiger partial charge is 0.479 e. The molecule has 0 aromatic heterocycles. The Morgan fingerprint density at radius 3 is 2.62 bits per heavy atom. The number of hydrogen-bond donors (Lipinski definition) is 2. The summed E-state index contributed by atoms with van der Waals surface area (Å²) < 4.78 is 5.32. The molecule has 1 unspecified atom stereocenters. The van der Waals surface area contributed by atoms with Crippen molar-refractivity contribution >= 4 is 11.9 Å². The smallest absolute Gasteiger partial charge is 0.332 e. The van der Waals surface area contributed by atoms with Gasteiger partial charge in [-0.15, -0.1) is 0 Å². The van der Waals surface area contributed by atoms with Gasteiger partial charge in [-0.05, 0) is 42.2 Å². The molecular formula is C19H25NO4. The minimum absolute atomic E-state index is 0.167. The monoisotopic (exact) mass is 331 g/mol. The van der Waals surface area contributed by atoms with Crippen LogP contribution in [0.4, 0.5) is 0 Å². The predicted octanol–water partition coefficient (Wildman–Crippen LogP) is 2.59. The minimum Gasteiger partial charge on any atom is -0.479 e. The number of rotatable bonds is 4. The lowest BCUT2D eigenvalue weighted by Gasteiger charge is -2.37. The number of carboxylic acid groups (broad SMARTS) is 1. The molecule has 0 radical (unpaired) electrons. The molecule has 2 N–H and O–H groups in total. The van der Waals surface area contributed by atoms with Gasteiger partial charge >= 0.3 is 5.97 Å². The first-order valence-corrected chi connectivity index (χ1v) is 8.64. The van der Waals surface area contributed by atoms with Gasteiger partial charge in [0.15, 0.2) is 6.10 Å². The van der Waals surface area contributed by atoms with E-state index in [2.05, 4.69) is 37.4 Å². The van der Waals surface area contributed by atoms with Crippen molar-refractivity contribution in [1.29, 1.82) is 0 Å². The summed E-state index contributed by atoms with van der Waals surface area (Å²) in [6.07, 6.45) is 1.50. The van der Waals surface area contributed by atoms with Crippen LogP contribution in [0.5, 0.6) is 0 Å². The van der Waals surface area contributed by atoms with Gasteiger partial charge in [-0.1, -0.05) is 38.1 Å². The first-order valence-electron chi connectivity index (χ1n) is 8.64. The number of carbonyl (C=O) groups excluding carboxylic acids is 1. The molecule has 130 valence electrons. The Morgan fingerprint density at radius 1 is 1.21 bits per heavy atom. The maximum Gasteiger partial charge on any atom is 0.332 e. The van der Waals surface area contributed by atoms with Crippen LogP contribution >= 0.6 is 0 Å². The van der Waals surface area contributed by atoms with Crippen LogP contribution in [0.25, 0.3) is 0 Å². The molecule has 1 aromatic carbocycles. The van der Waals surface area contributed by atoms with E-state index in [0.29, 0.717) is 25.3 Å². The lowest BCUT2D eigenvalue weighted by Crippen LogP contribution is -2.39. The zero-order valence-corrected chi connectivity index (χ0v) is 14.2. The number of hydrogen-bond acceptors (Lipinski definition) is 3. The molecular weight excluding hydrogens is 306 g/mol. The summed E-state index contributed by atoms with van der Waals surface area (Å²) in [5.41, 5.74) is 2.84. The molecule has 1 heterocycles. The molecule has 5 heteroatoms. The van der Waals surface area contributed by atoms with Gasteiger partial charge in [-0.2, -0.15) is 0 Å². The first kappa shape index (κ1) is 17.0. The number of nitrogens with one attached hydrogen (secondary N) is 1. The highest BCUT2D eigenvalue weighted by Gasteiger charge is 2.36. The van der Waals surface area contributed by atoms with Gasteiger partial charge in [0.05, 0.1) is 0 Å². The van der Waals surface area contributed by atoms with E-state index in [9.17, 15) is 9.59 Å². The van der Waals surface area contributed by atoms with Gasteiger partial charge in [0.1, 0.15) is 6.10 Å². The molecule has 1 fully saturated rings. The number of carbonyl (C=O) groups is 2. The van der Waals surface area contributed by atoms with E-state index >= 15 is 0 Å². The van der Waals surface area contributed by atoms with Crippen LogP contribution in [0.15, 0.2) is 24.3 Å². The standard InChI is InChI=1S/C19H25NO4/c1-19(2)10-9-12(13-5-3-4-6-14(13)19)11-20-17(21)15-7-8-16(24-15)18(22)23/h3-6,12,15-16H,7-11H2,1-2H3,(H,20,21)(H,22,23)/t12?,15-,16+/m0/s1. The average molecular weight is 331 g/mol. The van der Waals surface area contributed by atoms with Crippen LogP contribution < -0.4 is 5.32 Å². The molecule has 24 heavy (non-hydrogen) atoms. The summed E-state index contributed by atoms with van der Waals surface area (Å²) in [5, 5.41) is 11.9. The SMILES string of the molecule is CC1(C)CCC(CNC(=O)[C@@H]2CC[C@H](C(=O)O)O2)c2ccccc21. The zero-order chi connectivity index (χ0) is 17.3. The third-order valence-electron chi connectivity index (χ3n) is 5.36. The van der Waals surface area contributed by atoms with Crippen molar-refractivity contribution in [3.63, 3.8) is 0 Å². The Kier molecular flexibility index (Phi) is 4.63. The summed E-state index contributed by atoms with van der Waals surface area (Å²) in [6, 6.07) is 8.45. The van der Waals surface area contributed by atoms with Crippen molar-refractivity contribution in [2.45, 2.75) is 63.1 Å². The Balaban J connectivity index is 1.61. The van der Waals surface area contributed by atoms with Crippen LogP contribution in [-0.2, 0) is 19.7 Å². The van der Waals surface area contributed by atoms with Gasteiger partial charge in [0, 0.05) is 12.5 Å². The van der Waals surface area contributed by atoms with Crippen molar-refractivity contribution in [3.8, 4) is 0 Å². The minimum atomic E-state index is -0.992. The molecule has 1 amide bonds. The molecule has 5 nitrogen and oxygen atoms in total. The Labute approximate surface area is 142 Å². The lowest BCUT2D eigenvalue weighted by atomic mass is 9.69. The highest BCUT2D eigenvalue weighted by atomic mass is 16.5. The molecule has 2 aliphatic rings. The summed E-state index contributed by atoms with van der Waals surface area (Å²) in [6.45, 7) is 5.10. The summed E-state index contributed by atoms with van der Waals surface area (Å²) in [4.78, 5) is 23.2. The second kappa shape index (κ2) is 6.55. The molecule has 0 saturated carbocycles. The number of carboxylic acids is 1. The lowest BCUT2D eigenvalue weighted by molar-refractivity contribution is -0.151. The third-order valence-corrected chi connectivity index (χ3v) is 5.36. The van der Waals surface area contributed by atoms with Gasteiger partial charge < -0.3 is 15.2 Å². The van der Waals surface area contributed by atoms with Crippen LogP contribution in [0.2, 0.25) is 0 Å². The maximum absolute atomic E-state index is 12.3. The van der Waals surface area contributed by atoms with Crippen molar-refractivity contribution in [2.24, 2.45) is 0 Å².